The first-order valence-electron chi connectivity index (χ1n) is 9.11. The van der Waals surface area contributed by atoms with Crippen LogP contribution in [0.1, 0.15) is 36.9 Å². The number of rotatable bonds is 7. The minimum Gasteiger partial charge on any atom is -0.477 e. The third-order valence-electron chi connectivity index (χ3n) is 5.01. The molecular weight excluding hydrogens is 408 g/mol. The minimum absolute atomic E-state index is 0.130. The number of carbonyl (C=O) groups excluding carboxylic acids is 1. The third kappa shape index (κ3) is 4.89. The molecule has 0 bridgehead atoms. The molecule has 2 unspecified atom stereocenters. The van der Waals surface area contributed by atoms with Crippen LogP contribution in [-0.4, -0.2) is 29.3 Å². The number of aliphatic hydroxyl groups excluding tert-OH is 1. The lowest BCUT2D eigenvalue weighted by atomic mass is 9.87. The van der Waals surface area contributed by atoms with E-state index in [1.165, 1.54) is 5.56 Å². The molecule has 3 atom stereocenters. The Morgan fingerprint density at radius 1 is 1.37 bits per heavy atom. The average Bonchev–Trinajstić information content (AvgIpc) is 2.65. The molecule has 3 rings (SSSR count). The van der Waals surface area contributed by atoms with Crippen LogP contribution in [-0.2, 0) is 11.2 Å². The van der Waals surface area contributed by atoms with Crippen molar-refractivity contribution in [2.45, 2.75) is 43.9 Å². The number of hydrogen-bond acceptors (Lipinski definition) is 4. The topological polar surface area (TPSA) is 84.6 Å². The van der Waals surface area contributed by atoms with Crippen LogP contribution in [0, 0.1) is 0 Å². The van der Waals surface area contributed by atoms with Crippen molar-refractivity contribution in [1.82, 2.24) is 5.32 Å². The first-order chi connectivity index (χ1) is 12.9. The van der Waals surface area contributed by atoms with Gasteiger partial charge in [-0.05, 0) is 43.5 Å². The lowest BCUT2D eigenvalue weighted by Gasteiger charge is -2.38. The summed E-state index contributed by atoms with van der Waals surface area (Å²) >= 11 is 3.48. The summed E-state index contributed by atoms with van der Waals surface area (Å²) in [6.07, 6.45) is 1.41. The number of aryl methyl sites for hydroxylation is 1. The van der Waals surface area contributed by atoms with E-state index in [1.54, 1.807) is 6.92 Å². The maximum atomic E-state index is 11.9. The first kappa shape index (κ1) is 19.9. The zero-order valence-electron chi connectivity index (χ0n) is 15.3. The average molecular weight is 433 g/mol. The number of hydrogen-bond donors (Lipinski definition) is 3. The summed E-state index contributed by atoms with van der Waals surface area (Å²) in [5, 5.41) is 13.8. The molecule has 5 nitrogen and oxygen atoms in total. The van der Waals surface area contributed by atoms with Gasteiger partial charge in [0.2, 0.25) is 0 Å². The number of carbonyl (C=O) groups is 1. The number of halogens is 1. The van der Waals surface area contributed by atoms with Crippen molar-refractivity contribution in [3.8, 4) is 5.75 Å². The number of benzene rings is 2. The van der Waals surface area contributed by atoms with Crippen molar-refractivity contribution in [2.75, 3.05) is 6.54 Å². The molecule has 0 aliphatic carbocycles. The molecule has 2 aromatic rings. The maximum Gasteiger partial charge on any atom is 0.261 e. The highest BCUT2D eigenvalue weighted by molar-refractivity contribution is 9.10. The summed E-state index contributed by atoms with van der Waals surface area (Å²) in [5.41, 5.74) is 6.66. The molecule has 0 saturated carbocycles. The van der Waals surface area contributed by atoms with Crippen molar-refractivity contribution >= 4 is 21.8 Å². The van der Waals surface area contributed by atoms with Gasteiger partial charge in [0.25, 0.3) is 5.91 Å². The van der Waals surface area contributed by atoms with Gasteiger partial charge in [-0.15, -0.1) is 0 Å². The van der Waals surface area contributed by atoms with Crippen LogP contribution in [0.3, 0.4) is 0 Å². The lowest BCUT2D eigenvalue weighted by molar-refractivity contribution is -0.134. The number of nitrogens with two attached hydrogens (primary N) is 1. The van der Waals surface area contributed by atoms with Crippen molar-refractivity contribution in [3.05, 3.63) is 64.1 Å². The van der Waals surface area contributed by atoms with Gasteiger partial charge in [-0.2, -0.15) is 0 Å². The molecule has 0 spiro atoms. The largest absolute Gasteiger partial charge is 0.477 e. The highest BCUT2D eigenvalue weighted by Crippen LogP contribution is 2.40. The molecule has 0 saturated heterocycles. The molecule has 27 heavy (non-hydrogen) atoms. The maximum absolute atomic E-state index is 11.9. The summed E-state index contributed by atoms with van der Waals surface area (Å²) in [6, 6.07) is 15.7. The Hall–Kier alpha value is -1.89. The van der Waals surface area contributed by atoms with Crippen LogP contribution < -0.4 is 15.8 Å². The normalized spacial score (nSPS) is 22.6. The molecule has 1 heterocycles. The van der Waals surface area contributed by atoms with E-state index < -0.39 is 17.6 Å². The monoisotopic (exact) mass is 432 g/mol. The molecule has 1 amide bonds. The van der Waals surface area contributed by atoms with Crippen LogP contribution in [0.2, 0.25) is 0 Å². The number of primary amides is 1. The molecule has 4 N–H and O–H groups in total. The zero-order valence-corrected chi connectivity index (χ0v) is 16.9. The summed E-state index contributed by atoms with van der Waals surface area (Å²) in [6.45, 7) is 2.14. The van der Waals surface area contributed by atoms with Crippen LogP contribution in [0.5, 0.6) is 5.75 Å². The van der Waals surface area contributed by atoms with E-state index in [4.69, 9.17) is 10.5 Å². The Balaban J connectivity index is 1.66. The summed E-state index contributed by atoms with van der Waals surface area (Å²) in [4.78, 5) is 11.9. The van der Waals surface area contributed by atoms with E-state index in [9.17, 15) is 9.90 Å². The molecule has 0 radical (unpaired) electrons. The Bertz CT molecular complexity index is 799. The SMILES string of the molecule is CC1(C(N)=O)CC(NC[C@H](O)CCc2ccccc2)c2cc(Br)ccc2O1. The molecule has 1 aliphatic heterocycles. The Morgan fingerprint density at radius 2 is 2.11 bits per heavy atom. The second-order valence-electron chi connectivity index (χ2n) is 7.22. The third-order valence-corrected chi connectivity index (χ3v) is 5.50. The van der Waals surface area contributed by atoms with Gasteiger partial charge < -0.3 is 20.9 Å². The van der Waals surface area contributed by atoms with Gasteiger partial charge in [0.1, 0.15) is 5.75 Å². The van der Waals surface area contributed by atoms with Crippen molar-refractivity contribution in [3.63, 3.8) is 0 Å². The summed E-state index contributed by atoms with van der Waals surface area (Å²) in [5.74, 6) is 0.148. The second kappa shape index (κ2) is 8.42. The van der Waals surface area contributed by atoms with Gasteiger partial charge >= 0.3 is 0 Å². The fraction of sp³-hybridized carbons (Fsp3) is 0.381. The van der Waals surface area contributed by atoms with E-state index in [2.05, 4.69) is 33.4 Å². The van der Waals surface area contributed by atoms with Gasteiger partial charge in [0.05, 0.1) is 6.10 Å². The summed E-state index contributed by atoms with van der Waals surface area (Å²) in [7, 11) is 0. The number of ether oxygens (including phenoxy) is 1. The second-order valence-corrected chi connectivity index (χ2v) is 8.14. The number of nitrogens with one attached hydrogen (secondary N) is 1. The quantitative estimate of drug-likeness (QED) is 0.627. The fourth-order valence-corrected chi connectivity index (χ4v) is 3.74. The van der Waals surface area contributed by atoms with Crippen LogP contribution >= 0.6 is 15.9 Å². The van der Waals surface area contributed by atoms with Crippen LogP contribution in [0.25, 0.3) is 0 Å². The molecule has 0 fully saturated rings. The van der Waals surface area contributed by atoms with Gasteiger partial charge in [-0.1, -0.05) is 46.3 Å². The highest BCUT2D eigenvalue weighted by Gasteiger charge is 2.42. The van der Waals surface area contributed by atoms with E-state index >= 15 is 0 Å². The Morgan fingerprint density at radius 3 is 2.81 bits per heavy atom. The Labute approximate surface area is 168 Å². The van der Waals surface area contributed by atoms with Crippen LogP contribution in [0.15, 0.2) is 53.0 Å². The van der Waals surface area contributed by atoms with E-state index in [1.807, 2.05) is 36.4 Å². The first-order valence-corrected chi connectivity index (χ1v) is 9.90. The van der Waals surface area contributed by atoms with Gasteiger partial charge in [0.15, 0.2) is 5.60 Å². The standard InChI is InChI=1S/C21H25BrN2O3/c1-21(20(23)26)12-18(17-11-15(22)8-10-19(17)27-21)24-13-16(25)9-7-14-5-3-2-4-6-14/h2-6,8,10-11,16,18,24-25H,7,9,12-13H2,1H3,(H2,23,26)/t16-,18?,21?/m1/s1. The lowest BCUT2D eigenvalue weighted by Crippen LogP contribution is -2.51. The number of aliphatic hydroxyl groups is 1. The number of amides is 1. The van der Waals surface area contributed by atoms with E-state index in [0.717, 1.165) is 16.5 Å². The van der Waals surface area contributed by atoms with Crippen molar-refractivity contribution in [1.29, 1.82) is 0 Å². The number of fused-ring (bicyclic) bond motifs is 1. The fourth-order valence-electron chi connectivity index (χ4n) is 3.36. The van der Waals surface area contributed by atoms with Crippen LogP contribution in [0.4, 0.5) is 0 Å². The Kier molecular flexibility index (Phi) is 6.19. The predicted octanol–water partition coefficient (Wildman–Crippen LogP) is 3.10. The zero-order chi connectivity index (χ0) is 19.4. The van der Waals surface area contributed by atoms with Gasteiger partial charge in [0, 0.05) is 29.0 Å². The van der Waals surface area contributed by atoms with Crippen molar-refractivity contribution in [2.24, 2.45) is 5.73 Å². The minimum atomic E-state index is -1.08. The smallest absolute Gasteiger partial charge is 0.261 e. The molecule has 2 aromatic carbocycles. The van der Waals surface area contributed by atoms with Gasteiger partial charge in [-0.3, -0.25) is 4.79 Å². The molecule has 1 aliphatic rings. The molecule has 6 heteroatoms. The molecule has 0 aromatic heterocycles. The molecular formula is C21H25BrN2O3. The predicted molar refractivity (Wildman–Crippen MR) is 108 cm³/mol. The molecule has 144 valence electrons. The van der Waals surface area contributed by atoms with Gasteiger partial charge in [-0.25, -0.2) is 0 Å². The van der Waals surface area contributed by atoms with E-state index in [0.29, 0.717) is 25.1 Å². The highest BCUT2D eigenvalue weighted by atomic mass is 79.9. The van der Waals surface area contributed by atoms with E-state index in [-0.39, 0.29) is 6.04 Å². The van der Waals surface area contributed by atoms with Crippen molar-refractivity contribution < 1.29 is 14.6 Å². The summed E-state index contributed by atoms with van der Waals surface area (Å²) < 4.78 is 6.81.